The van der Waals surface area contributed by atoms with Crippen LogP contribution in [0.2, 0.25) is 5.02 Å². The van der Waals surface area contributed by atoms with Crippen LogP contribution >= 0.6 is 22.9 Å². The number of carbonyl (C=O) groups excluding carboxylic acids is 2. The lowest BCUT2D eigenvalue weighted by atomic mass is 9.98. The first-order valence-electron chi connectivity index (χ1n) is 9.76. The van der Waals surface area contributed by atoms with Crippen LogP contribution in [0, 0.1) is 6.92 Å². The number of amides is 2. The summed E-state index contributed by atoms with van der Waals surface area (Å²) in [5.74, 6) is -0.241. The van der Waals surface area contributed by atoms with Crippen molar-refractivity contribution in [2.45, 2.75) is 25.7 Å². The average molecular weight is 441 g/mol. The number of carbonyl (C=O) groups is 2. The number of aryl methyl sites for hydroxylation is 1. The summed E-state index contributed by atoms with van der Waals surface area (Å²) in [6, 6.07) is 14.6. The number of halogens is 1. The number of anilines is 1. The van der Waals surface area contributed by atoms with Gasteiger partial charge in [-0.1, -0.05) is 46.7 Å². The van der Waals surface area contributed by atoms with E-state index in [0.29, 0.717) is 28.7 Å². The Bertz CT molecular complexity index is 1070. The zero-order valence-corrected chi connectivity index (χ0v) is 18.0. The summed E-state index contributed by atoms with van der Waals surface area (Å²) in [5.41, 5.74) is 2.43. The molecule has 1 aromatic heterocycles. The van der Waals surface area contributed by atoms with Crippen LogP contribution < -0.4 is 5.32 Å². The van der Waals surface area contributed by atoms with E-state index in [4.69, 9.17) is 11.6 Å². The van der Waals surface area contributed by atoms with Crippen molar-refractivity contribution in [3.8, 4) is 0 Å². The molecule has 30 heavy (non-hydrogen) atoms. The molecule has 1 fully saturated rings. The molecule has 3 aromatic rings. The van der Waals surface area contributed by atoms with Gasteiger partial charge in [0.25, 0.3) is 11.8 Å². The minimum Gasteiger partial charge on any atom is -0.338 e. The highest BCUT2D eigenvalue weighted by atomic mass is 35.5. The van der Waals surface area contributed by atoms with E-state index in [2.05, 4.69) is 15.5 Å². The Morgan fingerprint density at radius 3 is 2.73 bits per heavy atom. The van der Waals surface area contributed by atoms with Gasteiger partial charge in [0.05, 0.1) is 0 Å². The molecule has 0 aliphatic carbocycles. The zero-order chi connectivity index (χ0) is 21.1. The number of hydrogen-bond acceptors (Lipinski definition) is 5. The molecule has 2 amide bonds. The van der Waals surface area contributed by atoms with Crippen molar-refractivity contribution in [1.82, 2.24) is 15.1 Å². The van der Waals surface area contributed by atoms with Crippen LogP contribution in [0.5, 0.6) is 0 Å². The van der Waals surface area contributed by atoms with Gasteiger partial charge in [-0.15, -0.1) is 10.2 Å². The monoisotopic (exact) mass is 440 g/mol. The summed E-state index contributed by atoms with van der Waals surface area (Å²) in [4.78, 5) is 27.2. The van der Waals surface area contributed by atoms with Crippen molar-refractivity contribution >= 4 is 40.4 Å². The Labute approximate surface area is 183 Å². The van der Waals surface area contributed by atoms with E-state index in [1.54, 1.807) is 24.3 Å². The van der Waals surface area contributed by atoms with E-state index in [9.17, 15) is 9.59 Å². The first-order valence-corrected chi connectivity index (χ1v) is 11.0. The maximum Gasteiger partial charge on any atom is 0.286 e. The van der Waals surface area contributed by atoms with Crippen LogP contribution in [0.4, 0.5) is 5.69 Å². The van der Waals surface area contributed by atoms with Gasteiger partial charge >= 0.3 is 0 Å². The maximum atomic E-state index is 12.8. The molecule has 0 spiro atoms. The molecule has 1 saturated heterocycles. The molecule has 154 valence electrons. The fourth-order valence-corrected chi connectivity index (χ4v) is 4.53. The van der Waals surface area contributed by atoms with Gasteiger partial charge in [-0.25, -0.2) is 0 Å². The van der Waals surface area contributed by atoms with Crippen LogP contribution in [0.25, 0.3) is 0 Å². The molecule has 1 atom stereocenters. The minimum atomic E-state index is -0.273. The highest BCUT2D eigenvalue weighted by Gasteiger charge is 2.28. The van der Waals surface area contributed by atoms with Gasteiger partial charge in [-0.3, -0.25) is 9.59 Å². The molecular formula is C22H21ClN4O2S. The van der Waals surface area contributed by atoms with Gasteiger partial charge in [-0.2, -0.15) is 0 Å². The number of likely N-dealkylation sites (tertiary alicyclic amines) is 1. The summed E-state index contributed by atoms with van der Waals surface area (Å²) < 4.78 is 0. The third-order valence-electron chi connectivity index (χ3n) is 5.07. The summed E-state index contributed by atoms with van der Waals surface area (Å²) in [6.07, 6.45) is 1.79. The second kappa shape index (κ2) is 8.93. The van der Waals surface area contributed by atoms with Gasteiger partial charge in [0, 0.05) is 35.3 Å². The number of rotatable bonds is 4. The Morgan fingerprint density at radius 2 is 1.97 bits per heavy atom. The lowest BCUT2D eigenvalue weighted by Crippen LogP contribution is -2.39. The molecule has 1 aliphatic rings. The van der Waals surface area contributed by atoms with Gasteiger partial charge in [0.1, 0.15) is 5.01 Å². The molecule has 2 heterocycles. The average Bonchev–Trinajstić information content (AvgIpc) is 3.25. The third kappa shape index (κ3) is 4.68. The number of nitrogens with zero attached hydrogens (tertiary/aromatic N) is 3. The lowest BCUT2D eigenvalue weighted by molar-refractivity contribution is 0.0706. The van der Waals surface area contributed by atoms with E-state index in [1.807, 2.05) is 36.1 Å². The Balaban J connectivity index is 1.43. The van der Waals surface area contributed by atoms with Crippen molar-refractivity contribution in [2.75, 3.05) is 18.4 Å². The number of hydrogen-bond donors (Lipinski definition) is 1. The first kappa shape index (κ1) is 20.5. The molecule has 0 bridgehead atoms. The van der Waals surface area contributed by atoms with E-state index in [-0.39, 0.29) is 17.7 Å². The summed E-state index contributed by atoms with van der Waals surface area (Å²) in [7, 11) is 0. The highest BCUT2D eigenvalue weighted by molar-refractivity contribution is 7.13. The smallest absolute Gasteiger partial charge is 0.286 e. The van der Waals surface area contributed by atoms with Gasteiger partial charge in [-0.05, 0) is 50.1 Å². The summed E-state index contributed by atoms with van der Waals surface area (Å²) >= 11 is 7.31. The molecule has 0 radical (unpaired) electrons. The number of benzene rings is 2. The second-order valence-corrected chi connectivity index (χ2v) is 8.81. The van der Waals surface area contributed by atoms with Crippen molar-refractivity contribution in [2.24, 2.45) is 0 Å². The van der Waals surface area contributed by atoms with Crippen LogP contribution in [0.3, 0.4) is 0 Å². The number of piperidine rings is 1. The third-order valence-corrected chi connectivity index (χ3v) is 6.39. The zero-order valence-electron chi connectivity index (χ0n) is 16.5. The van der Waals surface area contributed by atoms with Gasteiger partial charge in [0.2, 0.25) is 5.01 Å². The van der Waals surface area contributed by atoms with E-state index in [1.165, 1.54) is 11.3 Å². The molecular weight excluding hydrogens is 420 g/mol. The van der Waals surface area contributed by atoms with Crippen LogP contribution in [-0.2, 0) is 0 Å². The second-order valence-electron chi connectivity index (χ2n) is 7.37. The molecule has 0 unspecified atom stereocenters. The van der Waals surface area contributed by atoms with Crippen LogP contribution in [0.1, 0.15) is 49.5 Å². The SMILES string of the molecule is Cc1ccc(NC(=O)c2nnc([C@H]3CCCN(C(=O)c4cccc(Cl)c4)C3)s2)cc1. The Morgan fingerprint density at radius 1 is 1.17 bits per heavy atom. The molecule has 1 N–H and O–H groups in total. The van der Waals surface area contributed by atoms with E-state index >= 15 is 0 Å². The van der Waals surface area contributed by atoms with Gasteiger partial charge < -0.3 is 10.2 Å². The van der Waals surface area contributed by atoms with Crippen molar-refractivity contribution < 1.29 is 9.59 Å². The number of nitrogens with one attached hydrogen (secondary N) is 1. The van der Waals surface area contributed by atoms with Crippen molar-refractivity contribution in [3.05, 3.63) is 74.7 Å². The quantitative estimate of drug-likeness (QED) is 0.633. The predicted molar refractivity (Wildman–Crippen MR) is 118 cm³/mol. The molecule has 1 aliphatic heterocycles. The predicted octanol–water partition coefficient (Wildman–Crippen LogP) is 4.77. The molecule has 4 rings (SSSR count). The molecule has 8 heteroatoms. The van der Waals surface area contributed by atoms with Gasteiger partial charge in [0.15, 0.2) is 0 Å². The summed E-state index contributed by atoms with van der Waals surface area (Å²) in [6.45, 7) is 3.24. The number of aromatic nitrogens is 2. The topological polar surface area (TPSA) is 75.2 Å². The lowest BCUT2D eigenvalue weighted by Gasteiger charge is -2.31. The highest BCUT2D eigenvalue weighted by Crippen LogP contribution is 2.30. The molecule has 0 saturated carbocycles. The minimum absolute atomic E-state index is 0.0379. The normalized spacial score (nSPS) is 16.3. The fraction of sp³-hybridized carbons (Fsp3) is 0.273. The Hall–Kier alpha value is -2.77. The van der Waals surface area contributed by atoms with E-state index in [0.717, 1.165) is 29.1 Å². The molecule has 2 aromatic carbocycles. The van der Waals surface area contributed by atoms with Crippen LogP contribution in [0.15, 0.2) is 48.5 Å². The summed E-state index contributed by atoms with van der Waals surface area (Å²) in [5, 5.41) is 12.8. The fourth-order valence-electron chi connectivity index (χ4n) is 3.48. The van der Waals surface area contributed by atoms with Crippen molar-refractivity contribution in [1.29, 1.82) is 0 Å². The standard InChI is InChI=1S/C22H21ClN4O2S/c1-14-7-9-18(10-8-14)24-19(28)21-26-25-20(30-21)16-5-3-11-27(13-16)22(29)15-4-2-6-17(23)12-15/h2,4,6-10,12,16H,3,5,11,13H2,1H3,(H,24,28)/t16-/m0/s1. The van der Waals surface area contributed by atoms with Crippen LogP contribution in [-0.4, -0.2) is 40.0 Å². The largest absolute Gasteiger partial charge is 0.338 e. The maximum absolute atomic E-state index is 12.8. The Kier molecular flexibility index (Phi) is 6.11. The molecule has 6 nitrogen and oxygen atoms in total. The van der Waals surface area contributed by atoms with Crippen molar-refractivity contribution in [3.63, 3.8) is 0 Å². The first-order chi connectivity index (χ1) is 14.5. The van der Waals surface area contributed by atoms with E-state index < -0.39 is 0 Å².